The van der Waals surface area contributed by atoms with Crippen molar-refractivity contribution in [3.05, 3.63) is 29.8 Å². The minimum atomic E-state index is -4.11. The topological polar surface area (TPSA) is 92.5 Å². The first-order valence-electron chi connectivity index (χ1n) is 5.81. The van der Waals surface area contributed by atoms with E-state index < -0.39 is 38.5 Å². The summed E-state index contributed by atoms with van der Waals surface area (Å²) < 4.78 is 51.7. The predicted molar refractivity (Wildman–Crippen MR) is 66.1 cm³/mol. The number of benzene rings is 1. The Morgan fingerprint density at radius 1 is 1.35 bits per heavy atom. The molecule has 0 aromatic heterocycles. The molecule has 0 aliphatic carbocycles. The van der Waals surface area contributed by atoms with Gasteiger partial charge in [0.25, 0.3) is 0 Å². The molecule has 2 rings (SSSR count). The monoisotopic (exact) mass is 305 g/mol. The number of nitrogens with two attached hydrogens (primary N) is 1. The minimum absolute atomic E-state index is 0.0228. The molecule has 3 N–H and O–H groups in total. The van der Waals surface area contributed by atoms with E-state index in [9.17, 15) is 22.0 Å². The molecule has 1 fully saturated rings. The molecular weight excluding hydrogens is 292 g/mol. The first-order chi connectivity index (χ1) is 9.34. The Kier molecular flexibility index (Phi) is 4.02. The summed E-state index contributed by atoms with van der Waals surface area (Å²) in [5, 5.41) is 2.85. The molecule has 1 saturated heterocycles. The second-order valence-corrected chi connectivity index (χ2v) is 6.20. The first kappa shape index (κ1) is 14.8. The van der Waals surface area contributed by atoms with Gasteiger partial charge in [0.05, 0.1) is 4.90 Å². The molecule has 1 atom stereocenters. The number of rotatable bonds is 3. The highest BCUT2D eigenvalue weighted by Crippen LogP contribution is 2.21. The van der Waals surface area contributed by atoms with Crippen LogP contribution in [-0.4, -0.2) is 44.3 Å². The number of hydrogen-bond acceptors (Lipinski definition) is 4. The molecule has 1 aromatic carbocycles. The van der Waals surface area contributed by atoms with Crippen LogP contribution in [0.5, 0.6) is 0 Å². The maximum atomic E-state index is 13.2. The third-order valence-corrected chi connectivity index (χ3v) is 4.92. The van der Waals surface area contributed by atoms with Gasteiger partial charge in [-0.25, -0.2) is 17.2 Å². The molecule has 1 amide bonds. The molecule has 1 aliphatic heterocycles. The van der Waals surface area contributed by atoms with Crippen LogP contribution in [0.1, 0.15) is 0 Å². The molecule has 1 aliphatic rings. The third-order valence-electron chi connectivity index (χ3n) is 3.02. The highest BCUT2D eigenvalue weighted by Gasteiger charge is 2.36. The Morgan fingerprint density at radius 3 is 2.65 bits per heavy atom. The fourth-order valence-electron chi connectivity index (χ4n) is 1.99. The van der Waals surface area contributed by atoms with E-state index in [1.165, 1.54) is 0 Å². The van der Waals surface area contributed by atoms with Gasteiger partial charge in [0.2, 0.25) is 15.9 Å². The van der Waals surface area contributed by atoms with E-state index in [1.807, 2.05) is 0 Å². The molecule has 1 unspecified atom stereocenters. The number of sulfonamides is 1. The van der Waals surface area contributed by atoms with Crippen molar-refractivity contribution < 1.29 is 22.0 Å². The van der Waals surface area contributed by atoms with Gasteiger partial charge in [-0.15, -0.1) is 0 Å². The van der Waals surface area contributed by atoms with Crippen molar-refractivity contribution in [3.63, 3.8) is 0 Å². The van der Waals surface area contributed by atoms with E-state index in [1.54, 1.807) is 0 Å². The van der Waals surface area contributed by atoms with E-state index in [0.29, 0.717) is 12.6 Å². The molecule has 110 valence electrons. The number of piperazine rings is 1. The van der Waals surface area contributed by atoms with E-state index in [2.05, 4.69) is 5.32 Å². The van der Waals surface area contributed by atoms with Crippen LogP contribution in [0, 0.1) is 11.6 Å². The molecular formula is C11H13F2N3O3S. The lowest BCUT2D eigenvalue weighted by Crippen LogP contribution is -2.58. The van der Waals surface area contributed by atoms with Crippen LogP contribution in [0.3, 0.4) is 0 Å². The second-order valence-electron chi connectivity index (χ2n) is 4.31. The average molecular weight is 305 g/mol. The summed E-state index contributed by atoms with van der Waals surface area (Å²) in [5.41, 5.74) is 5.17. The van der Waals surface area contributed by atoms with E-state index in [-0.39, 0.29) is 13.1 Å². The third kappa shape index (κ3) is 2.65. The number of carbonyl (C=O) groups is 1. The fraction of sp³-hybridized carbons (Fsp3) is 0.364. The fourth-order valence-corrected chi connectivity index (χ4v) is 3.60. The summed E-state index contributed by atoms with van der Waals surface area (Å²) in [6.07, 6.45) is 0. The highest BCUT2D eigenvalue weighted by atomic mass is 32.2. The van der Waals surface area contributed by atoms with Crippen LogP contribution in [0.25, 0.3) is 0 Å². The average Bonchev–Trinajstić information content (AvgIpc) is 2.41. The number of amides is 1. The Morgan fingerprint density at radius 2 is 2.05 bits per heavy atom. The number of halogens is 2. The summed E-state index contributed by atoms with van der Waals surface area (Å²) in [6.45, 7) is 0.444. The highest BCUT2D eigenvalue weighted by molar-refractivity contribution is 7.89. The van der Waals surface area contributed by atoms with Crippen LogP contribution >= 0.6 is 0 Å². The summed E-state index contributed by atoms with van der Waals surface area (Å²) >= 11 is 0. The van der Waals surface area contributed by atoms with Crippen molar-refractivity contribution >= 4 is 15.9 Å². The number of primary amides is 1. The molecule has 1 heterocycles. The largest absolute Gasteiger partial charge is 0.368 e. The van der Waals surface area contributed by atoms with Gasteiger partial charge in [-0.3, -0.25) is 4.79 Å². The van der Waals surface area contributed by atoms with Crippen molar-refractivity contribution in [1.82, 2.24) is 9.62 Å². The van der Waals surface area contributed by atoms with Gasteiger partial charge < -0.3 is 11.1 Å². The molecule has 9 heteroatoms. The van der Waals surface area contributed by atoms with Crippen molar-refractivity contribution in [2.75, 3.05) is 19.6 Å². The number of nitrogens with one attached hydrogen (secondary N) is 1. The maximum Gasteiger partial charge on any atom is 0.243 e. The molecule has 0 saturated carbocycles. The van der Waals surface area contributed by atoms with Crippen molar-refractivity contribution in [1.29, 1.82) is 0 Å². The van der Waals surface area contributed by atoms with Crippen LogP contribution in [0.4, 0.5) is 8.78 Å². The maximum absolute atomic E-state index is 13.2. The smallest absolute Gasteiger partial charge is 0.243 e. The summed E-state index contributed by atoms with van der Waals surface area (Å²) in [4.78, 5) is 10.9. The van der Waals surface area contributed by atoms with Crippen molar-refractivity contribution in [2.24, 2.45) is 5.73 Å². The predicted octanol–water partition coefficient (Wildman–Crippen LogP) is -0.587. The van der Waals surface area contributed by atoms with Crippen LogP contribution in [0.2, 0.25) is 0 Å². The number of nitrogens with zero attached hydrogens (tertiary/aromatic N) is 1. The molecule has 6 nitrogen and oxygen atoms in total. The van der Waals surface area contributed by atoms with Gasteiger partial charge in [-0.05, 0) is 18.2 Å². The Balaban J connectivity index is 2.42. The Hall–Kier alpha value is -1.58. The minimum Gasteiger partial charge on any atom is -0.368 e. The van der Waals surface area contributed by atoms with Crippen LogP contribution in [-0.2, 0) is 14.8 Å². The summed E-state index contributed by atoms with van der Waals surface area (Å²) in [7, 11) is -4.11. The zero-order valence-electron chi connectivity index (χ0n) is 10.3. The van der Waals surface area contributed by atoms with Gasteiger partial charge in [-0.2, -0.15) is 4.31 Å². The Bertz CT molecular complexity index is 636. The van der Waals surface area contributed by atoms with Gasteiger partial charge >= 0.3 is 0 Å². The van der Waals surface area contributed by atoms with Gasteiger partial charge in [-0.1, -0.05) is 0 Å². The molecule has 20 heavy (non-hydrogen) atoms. The molecule has 1 aromatic rings. The first-order valence-corrected chi connectivity index (χ1v) is 7.25. The van der Waals surface area contributed by atoms with E-state index in [0.717, 1.165) is 16.4 Å². The SMILES string of the molecule is NC(=O)C1CNCCN1S(=O)(=O)c1ccc(F)c(F)c1. The second kappa shape index (κ2) is 5.43. The zero-order chi connectivity index (χ0) is 14.9. The van der Waals surface area contributed by atoms with Crippen molar-refractivity contribution in [3.8, 4) is 0 Å². The zero-order valence-corrected chi connectivity index (χ0v) is 11.2. The lowest BCUT2D eigenvalue weighted by molar-refractivity contribution is -0.122. The van der Waals surface area contributed by atoms with Crippen LogP contribution < -0.4 is 11.1 Å². The standard InChI is InChI=1S/C11H13F2N3O3S/c12-8-2-1-7(5-9(8)13)20(18,19)16-4-3-15-6-10(16)11(14)17/h1-2,5,10,15H,3-4,6H2,(H2,14,17). The number of carbonyl (C=O) groups excluding carboxylic acids is 1. The van der Waals surface area contributed by atoms with Gasteiger partial charge in [0.1, 0.15) is 6.04 Å². The summed E-state index contributed by atoms with van der Waals surface area (Å²) in [6, 6.07) is 1.21. The lowest BCUT2D eigenvalue weighted by Gasteiger charge is -2.33. The molecule has 0 radical (unpaired) electrons. The Labute approximate surface area is 114 Å². The van der Waals surface area contributed by atoms with Gasteiger partial charge in [0.15, 0.2) is 11.6 Å². The number of hydrogen-bond donors (Lipinski definition) is 2. The van der Waals surface area contributed by atoms with E-state index >= 15 is 0 Å². The van der Waals surface area contributed by atoms with Crippen molar-refractivity contribution in [2.45, 2.75) is 10.9 Å². The van der Waals surface area contributed by atoms with Gasteiger partial charge in [0, 0.05) is 19.6 Å². The lowest BCUT2D eigenvalue weighted by atomic mass is 10.2. The molecule has 0 bridgehead atoms. The normalized spacial score (nSPS) is 20.8. The quantitative estimate of drug-likeness (QED) is 0.781. The summed E-state index contributed by atoms with van der Waals surface area (Å²) in [5.74, 6) is -3.21. The molecule has 0 spiro atoms. The van der Waals surface area contributed by atoms with E-state index in [4.69, 9.17) is 5.73 Å². The van der Waals surface area contributed by atoms with Crippen LogP contribution in [0.15, 0.2) is 23.1 Å².